The summed E-state index contributed by atoms with van der Waals surface area (Å²) in [5, 5.41) is 47.1. The fraction of sp³-hybridized carbons (Fsp3) is 0.577. The summed E-state index contributed by atoms with van der Waals surface area (Å²) >= 11 is 6.14. The van der Waals surface area contributed by atoms with Crippen LogP contribution in [0.5, 0.6) is 0 Å². The molecule has 4 unspecified atom stereocenters. The fourth-order valence-corrected chi connectivity index (χ4v) is 8.73. The zero-order chi connectivity index (χ0) is 59.6. The van der Waals surface area contributed by atoms with Gasteiger partial charge in [0.05, 0.1) is 12.2 Å². The van der Waals surface area contributed by atoms with E-state index in [1.807, 2.05) is 0 Å². The molecule has 3 rings (SSSR count). The van der Waals surface area contributed by atoms with Crippen molar-refractivity contribution in [2.24, 2.45) is 34.6 Å². The number of nitrogens with one attached hydrogen (secondary N) is 10. The Morgan fingerprint density at radius 2 is 1.15 bits per heavy atom. The molecule has 1 aliphatic rings. The van der Waals surface area contributed by atoms with Gasteiger partial charge in [0.25, 0.3) is 0 Å². The first kappa shape index (κ1) is 67.4. The predicted molar refractivity (Wildman–Crippen MR) is 296 cm³/mol. The summed E-state index contributed by atoms with van der Waals surface area (Å²) in [6.07, 6.45) is -4.32. The lowest BCUT2D eigenvalue weighted by Crippen LogP contribution is -2.62. The third kappa shape index (κ3) is 22.0. The zero-order valence-corrected chi connectivity index (χ0v) is 46.4. The first-order valence-electron chi connectivity index (χ1n) is 26.6. The van der Waals surface area contributed by atoms with Gasteiger partial charge in [0.1, 0.15) is 54.4 Å². The highest BCUT2D eigenvalue weighted by molar-refractivity contribution is 6.30. The Balaban J connectivity index is 2.07. The number of nitrogens with two attached hydrogens (primary N) is 5. The van der Waals surface area contributed by atoms with E-state index in [1.54, 1.807) is 68.4 Å². The molecule has 28 heteroatoms. The molecule has 1 saturated heterocycles. The topological polar surface area (TPSA) is 462 Å². The number of amides is 10. The van der Waals surface area contributed by atoms with E-state index in [-0.39, 0.29) is 70.6 Å². The molecule has 0 spiro atoms. The van der Waals surface area contributed by atoms with Gasteiger partial charge in [-0.2, -0.15) is 0 Å². The number of hydrogen-bond donors (Lipinski definition) is 17. The number of carbonyl (C=O) groups excluding carboxylic acids is 10. The van der Waals surface area contributed by atoms with Crippen LogP contribution < -0.4 is 81.8 Å². The van der Waals surface area contributed by atoms with Gasteiger partial charge in [-0.15, -0.1) is 0 Å². The van der Waals surface area contributed by atoms with Crippen molar-refractivity contribution in [1.29, 1.82) is 0 Å². The van der Waals surface area contributed by atoms with Crippen molar-refractivity contribution < 1.29 is 58.2 Å². The van der Waals surface area contributed by atoms with Crippen molar-refractivity contribution >= 4 is 70.7 Å². The number of aliphatic hydroxyl groups is 2. The second-order valence-corrected chi connectivity index (χ2v) is 20.4. The lowest BCUT2D eigenvalue weighted by molar-refractivity contribution is -0.136. The molecule has 1 heterocycles. The third-order valence-corrected chi connectivity index (χ3v) is 13.2. The standard InChI is InChI=1S/C52H82ClN15O12/c1-27(2)21-38-48(76)62-34(13-17-54)44(72)61-36(15-19-56)47(75)68-42(28(3)69)51(79)59-20-16-37(46(74)60-35(14-18-55)45(73)65-39(49(77)64-38)22-30-9-6-5-7-10-30)63-50(78)40(26-58)66-52(80)43(29(4)70)67-41(71)24-32(25-57)31-11-8-12-33(53)23-31/h5-12,23,27-29,32,34-40,42-43,69-70H,13-22,24-26,54-58H2,1-4H3,(H,59,79)(H,60,74)(H,61,72)(H,62,76)(H,63,78)(H,64,77)(H,65,73)(H,66,80)(H,67,71)(H,68,75)/t28-,29-,32-,34+,35?,36?,37+,38?,39?,40+,42+,43+/m1/s1. The highest BCUT2D eigenvalue weighted by Gasteiger charge is 2.37. The molecule has 0 saturated carbocycles. The summed E-state index contributed by atoms with van der Waals surface area (Å²) in [5.41, 5.74) is 30.8. The van der Waals surface area contributed by atoms with E-state index in [1.165, 1.54) is 13.8 Å². The van der Waals surface area contributed by atoms with Crippen LogP contribution in [0, 0.1) is 5.92 Å². The molecule has 0 radical (unpaired) electrons. The van der Waals surface area contributed by atoms with Gasteiger partial charge in [-0.1, -0.05) is 67.9 Å². The Hall–Kier alpha value is -6.85. The molecular formula is C52H82ClN15O12. The summed E-state index contributed by atoms with van der Waals surface area (Å²) in [5.74, 6) is -9.88. The maximum absolute atomic E-state index is 14.4. The summed E-state index contributed by atoms with van der Waals surface area (Å²) < 4.78 is 0. The van der Waals surface area contributed by atoms with Crippen LogP contribution in [0.2, 0.25) is 5.02 Å². The molecular weight excluding hydrogens is 1060 g/mol. The number of benzene rings is 2. The fourth-order valence-electron chi connectivity index (χ4n) is 8.53. The van der Waals surface area contributed by atoms with E-state index in [4.69, 9.17) is 40.3 Å². The second kappa shape index (κ2) is 34.3. The molecule has 0 aromatic heterocycles. The quantitative estimate of drug-likeness (QED) is 0.0524. The molecule has 12 atom stereocenters. The van der Waals surface area contributed by atoms with Crippen molar-refractivity contribution in [2.45, 2.75) is 145 Å². The maximum Gasteiger partial charge on any atom is 0.245 e. The van der Waals surface area contributed by atoms with Crippen LogP contribution in [-0.4, -0.2) is 175 Å². The Morgan fingerprint density at radius 3 is 1.66 bits per heavy atom. The normalized spacial score (nSPS) is 23.2. The van der Waals surface area contributed by atoms with Gasteiger partial charge in [0.2, 0.25) is 59.1 Å². The number of hydrogen-bond acceptors (Lipinski definition) is 17. The smallest absolute Gasteiger partial charge is 0.245 e. The molecule has 27 nitrogen and oxygen atoms in total. The van der Waals surface area contributed by atoms with Crippen molar-refractivity contribution in [1.82, 2.24) is 53.2 Å². The van der Waals surface area contributed by atoms with Gasteiger partial charge in [-0.3, -0.25) is 47.9 Å². The second-order valence-electron chi connectivity index (χ2n) is 20.0. The van der Waals surface area contributed by atoms with Crippen LogP contribution in [0.25, 0.3) is 0 Å². The molecule has 2 aromatic rings. The maximum atomic E-state index is 14.4. The molecule has 10 amide bonds. The van der Waals surface area contributed by atoms with E-state index in [9.17, 15) is 58.2 Å². The zero-order valence-electron chi connectivity index (χ0n) is 45.6. The molecule has 0 bridgehead atoms. The summed E-state index contributed by atoms with van der Waals surface area (Å²) in [4.78, 5) is 140. The van der Waals surface area contributed by atoms with Gasteiger partial charge in [0, 0.05) is 36.9 Å². The summed E-state index contributed by atoms with van der Waals surface area (Å²) in [6.45, 7) is 4.54. The minimum absolute atomic E-state index is 0.0295. The minimum atomic E-state index is -1.68. The molecule has 80 heavy (non-hydrogen) atoms. The van der Waals surface area contributed by atoms with Crippen molar-refractivity contribution in [2.75, 3.05) is 39.3 Å². The van der Waals surface area contributed by atoms with Crippen molar-refractivity contribution in [3.8, 4) is 0 Å². The SMILES string of the molecule is CC(C)CC1NC(=O)C(Cc2ccccc2)NC(=O)C(CCN)NC(=O)[C@@H](NC(=O)[C@H](CN)NC(=O)[C@@H](NC(=O)C[C@H](CN)c2cccc(Cl)c2)[C@@H](C)O)CCNC(=O)[C@H]([C@@H](C)O)NC(=O)C(CCN)NC(=O)[C@H](CCN)NC1=O. The first-order valence-corrected chi connectivity index (χ1v) is 27.0. The monoisotopic (exact) mass is 1140 g/mol. The molecule has 1 fully saturated rings. The highest BCUT2D eigenvalue weighted by Crippen LogP contribution is 2.22. The van der Waals surface area contributed by atoms with Gasteiger partial charge in [-0.05, 0) is 101 Å². The van der Waals surface area contributed by atoms with Crippen LogP contribution in [0.4, 0.5) is 0 Å². The van der Waals surface area contributed by atoms with E-state index in [2.05, 4.69) is 53.2 Å². The van der Waals surface area contributed by atoms with E-state index in [0.29, 0.717) is 16.1 Å². The predicted octanol–water partition coefficient (Wildman–Crippen LogP) is -5.29. The Morgan fingerprint density at radius 1 is 0.625 bits per heavy atom. The summed E-state index contributed by atoms with van der Waals surface area (Å²) in [6, 6.07) is 1.70. The van der Waals surface area contributed by atoms with Crippen LogP contribution in [0.3, 0.4) is 0 Å². The molecule has 444 valence electrons. The number of aliphatic hydroxyl groups excluding tert-OH is 2. The van der Waals surface area contributed by atoms with E-state index in [0.717, 1.165) is 0 Å². The van der Waals surface area contributed by atoms with Crippen LogP contribution in [-0.2, 0) is 54.4 Å². The Labute approximate surface area is 470 Å². The first-order chi connectivity index (χ1) is 38.0. The van der Waals surface area contributed by atoms with Gasteiger partial charge < -0.3 is 92.0 Å². The lowest BCUT2D eigenvalue weighted by Gasteiger charge is -2.28. The molecule has 2 aromatic carbocycles. The third-order valence-electron chi connectivity index (χ3n) is 12.9. The molecule has 0 aliphatic carbocycles. The van der Waals surface area contributed by atoms with Crippen LogP contribution in [0.1, 0.15) is 83.3 Å². The average Bonchev–Trinajstić information content (AvgIpc) is 3.40. The molecule has 22 N–H and O–H groups in total. The Kier molecular flexibility index (Phi) is 28.9. The largest absolute Gasteiger partial charge is 0.391 e. The minimum Gasteiger partial charge on any atom is -0.391 e. The molecule has 1 aliphatic heterocycles. The van der Waals surface area contributed by atoms with Gasteiger partial charge >= 0.3 is 0 Å². The van der Waals surface area contributed by atoms with Gasteiger partial charge in [0.15, 0.2) is 0 Å². The van der Waals surface area contributed by atoms with Crippen LogP contribution >= 0.6 is 11.6 Å². The van der Waals surface area contributed by atoms with E-state index < -0.39 is 151 Å². The average molecular weight is 1140 g/mol. The van der Waals surface area contributed by atoms with Crippen LogP contribution in [0.15, 0.2) is 54.6 Å². The number of halogens is 1. The number of rotatable bonds is 22. The van der Waals surface area contributed by atoms with Crippen molar-refractivity contribution in [3.05, 3.63) is 70.7 Å². The van der Waals surface area contributed by atoms with Crippen molar-refractivity contribution in [3.63, 3.8) is 0 Å². The van der Waals surface area contributed by atoms with E-state index >= 15 is 0 Å². The lowest BCUT2D eigenvalue weighted by atomic mass is 9.95. The number of carbonyl (C=O) groups is 10. The van der Waals surface area contributed by atoms with Gasteiger partial charge in [-0.25, -0.2) is 0 Å². The highest BCUT2D eigenvalue weighted by atomic mass is 35.5. The Bertz CT molecular complexity index is 2400. The summed E-state index contributed by atoms with van der Waals surface area (Å²) in [7, 11) is 0.